The van der Waals surface area contributed by atoms with Crippen molar-refractivity contribution in [2.45, 2.75) is 0 Å². The number of rotatable bonds is 0. The van der Waals surface area contributed by atoms with Crippen molar-refractivity contribution in [3.63, 3.8) is 0 Å². The first-order chi connectivity index (χ1) is 1.00. The molecule has 0 bridgehead atoms. The minimum absolute atomic E-state index is 0. The van der Waals surface area contributed by atoms with Gasteiger partial charge in [-0.15, -0.1) is 0 Å². The molecule has 3 heteroatoms. The molecule has 0 nitrogen and oxygen atoms in total. The van der Waals surface area contributed by atoms with E-state index in [2.05, 4.69) is 18.0 Å². The third-order valence-corrected chi connectivity index (χ3v) is 0. The number of halogens is 1. The molecule has 0 saturated carbocycles. The van der Waals surface area contributed by atoms with Gasteiger partial charge in [-0.05, 0) is 0 Å². The van der Waals surface area contributed by atoms with Gasteiger partial charge in [-0.1, -0.05) is 0 Å². The van der Waals surface area contributed by atoms with E-state index in [9.17, 15) is 0 Å². The van der Waals surface area contributed by atoms with E-state index in [-0.39, 0.29) is 39.0 Å². The Hall–Kier alpha value is 1.54. The Labute approximate surface area is 56.8 Å². The molecule has 0 spiro atoms. The largest absolute Gasteiger partial charge is 0.352 e. The summed E-state index contributed by atoms with van der Waals surface area (Å²) in [5.74, 6) is 0. The van der Waals surface area contributed by atoms with Gasteiger partial charge in [0.05, 0.1) is 0 Å². The van der Waals surface area contributed by atoms with Gasteiger partial charge in [0.15, 0.2) is 0 Å². The summed E-state index contributed by atoms with van der Waals surface area (Å²) >= 11 is 4.39. The smallest absolute Gasteiger partial charge is 0 e. The zero-order valence-electron chi connectivity index (χ0n) is 2.50. The van der Waals surface area contributed by atoms with Crippen molar-refractivity contribution in [2.24, 2.45) is 0 Å². The summed E-state index contributed by atoms with van der Waals surface area (Å²) in [5, 5.41) is 0. The summed E-state index contributed by atoms with van der Waals surface area (Å²) in [5.41, 5.74) is 0. The molecule has 0 heterocycles. The zero-order chi connectivity index (χ0) is 2.00. The minimum atomic E-state index is 0. The minimum Gasteiger partial charge on any atom is -0.352 e. The molecule has 0 aromatic heterocycles. The van der Waals surface area contributed by atoms with Crippen molar-refractivity contribution < 1.29 is 39.0 Å². The average Bonchev–Trinajstić information content (AvgIpc) is 1.00. The van der Waals surface area contributed by atoms with Crippen LogP contribution in [0.5, 0.6) is 0 Å². The van der Waals surface area contributed by atoms with Crippen molar-refractivity contribution in [1.29, 1.82) is 0 Å². The van der Waals surface area contributed by atoms with Crippen LogP contribution in [0.25, 0.3) is 0 Å². The van der Waals surface area contributed by atoms with Gasteiger partial charge < -0.3 is 11.6 Å². The van der Waals surface area contributed by atoms with E-state index >= 15 is 0 Å². The van der Waals surface area contributed by atoms with E-state index in [0.717, 1.165) is 0 Å². The van der Waals surface area contributed by atoms with E-state index in [0.29, 0.717) is 0 Å². The van der Waals surface area contributed by atoms with Crippen LogP contribution >= 0.6 is 11.6 Å². The van der Waals surface area contributed by atoms with Crippen LogP contribution < -0.4 is 0 Å². The molecule has 0 unspecified atom stereocenters. The molecule has 0 fully saturated rings. The van der Waals surface area contributed by atoms with Crippen LogP contribution in [0.4, 0.5) is 0 Å². The van der Waals surface area contributed by atoms with E-state index in [4.69, 9.17) is 0 Å². The quantitative estimate of drug-likeness (QED) is 0.385. The number of hydrogen-bond acceptors (Lipinski definition) is 0. The van der Waals surface area contributed by atoms with Gasteiger partial charge in [0.25, 0.3) is 0 Å². The Morgan fingerprint density at radius 1 is 1.00 bits per heavy atom. The fourth-order valence-corrected chi connectivity index (χ4v) is 0. The van der Waals surface area contributed by atoms with Gasteiger partial charge in [-0.25, -0.2) is 0 Å². The number of hydrogen-bond donors (Lipinski definition) is 0. The fraction of sp³-hybridized carbons (Fsp3) is 0. The molecule has 0 aromatic rings. The predicted octanol–water partition coefficient (Wildman–Crippen LogP) is 1.01. The van der Waals surface area contributed by atoms with Gasteiger partial charge in [0.2, 0.25) is 0 Å². The van der Waals surface area contributed by atoms with Gasteiger partial charge in [0, 0.05) is 39.0 Å². The van der Waals surface area contributed by atoms with Gasteiger partial charge in [-0.2, -0.15) is 0 Å². The topological polar surface area (TPSA) is 0 Å². The predicted molar refractivity (Wildman–Crippen MR) is 11.2 cm³/mol. The fourth-order valence-electron chi connectivity index (χ4n) is 0. The summed E-state index contributed by atoms with van der Waals surface area (Å²) in [4.78, 5) is 0. The van der Waals surface area contributed by atoms with E-state index in [1.807, 2.05) is 0 Å². The van der Waals surface area contributed by atoms with Crippen molar-refractivity contribution in [2.75, 3.05) is 0 Å². The standard InChI is InChI=1S/CH2Cl.2Zn/c1-2;;/h1H2;;/q-1;;. The molecule has 4 heavy (non-hydrogen) atoms. The molecule has 0 saturated heterocycles. The maximum atomic E-state index is 4.39. The Morgan fingerprint density at radius 3 is 1.00 bits per heavy atom. The third kappa shape index (κ3) is 9.64. The zero-order valence-corrected chi connectivity index (χ0v) is 9.19. The van der Waals surface area contributed by atoms with Crippen LogP contribution in [0.3, 0.4) is 0 Å². The molecule has 0 rings (SSSR count). The van der Waals surface area contributed by atoms with Crippen LogP contribution in [-0.4, -0.2) is 0 Å². The summed E-state index contributed by atoms with van der Waals surface area (Å²) < 4.78 is 0. The second kappa shape index (κ2) is 24.0. The van der Waals surface area contributed by atoms with Crippen LogP contribution in [0.15, 0.2) is 0 Å². The first-order valence-corrected chi connectivity index (χ1v) is 0.802. The van der Waals surface area contributed by atoms with Gasteiger partial charge in [0.1, 0.15) is 0 Å². The van der Waals surface area contributed by atoms with Crippen molar-refractivity contribution >= 4 is 11.6 Å². The second-order valence-electron chi connectivity index (χ2n) is 0. The molecular formula is CH2ClZn2-. The second-order valence-corrected chi connectivity index (χ2v) is 0. The molecule has 0 aliphatic carbocycles. The molecule has 0 N–H and O–H groups in total. The summed E-state index contributed by atoms with van der Waals surface area (Å²) in [6.07, 6.45) is 2.72. The van der Waals surface area contributed by atoms with Crippen LogP contribution in [0.1, 0.15) is 0 Å². The van der Waals surface area contributed by atoms with Crippen molar-refractivity contribution in [1.82, 2.24) is 0 Å². The summed E-state index contributed by atoms with van der Waals surface area (Å²) in [6.45, 7) is 0. The Bertz CT molecular complexity index is 6.00. The van der Waals surface area contributed by atoms with Crippen LogP contribution in [0.2, 0.25) is 0 Å². The molecule has 18 valence electrons. The van der Waals surface area contributed by atoms with E-state index < -0.39 is 0 Å². The molecule has 0 aliphatic heterocycles. The molecule has 0 atom stereocenters. The van der Waals surface area contributed by atoms with E-state index in [1.165, 1.54) is 0 Å². The summed E-state index contributed by atoms with van der Waals surface area (Å²) in [7, 11) is 0. The molecule has 0 amide bonds. The Balaban J connectivity index is -0.00000000500. The van der Waals surface area contributed by atoms with E-state index in [1.54, 1.807) is 0 Å². The molecular weight excluding hydrogens is 178 g/mol. The normalized spacial score (nSPS) is 1.50. The summed E-state index contributed by atoms with van der Waals surface area (Å²) in [6, 6.07) is 0. The monoisotopic (exact) mass is 177 g/mol. The average molecular weight is 180 g/mol. The Morgan fingerprint density at radius 2 is 1.00 bits per heavy atom. The van der Waals surface area contributed by atoms with Gasteiger partial charge in [-0.3, -0.25) is 6.38 Å². The molecule has 0 aliphatic rings. The third-order valence-electron chi connectivity index (χ3n) is 0. The van der Waals surface area contributed by atoms with Crippen LogP contribution in [-0.2, 0) is 39.0 Å². The van der Waals surface area contributed by atoms with Crippen molar-refractivity contribution in [3.05, 3.63) is 6.38 Å². The Kier molecular flexibility index (Phi) is 106. The van der Waals surface area contributed by atoms with Crippen molar-refractivity contribution in [3.8, 4) is 0 Å². The maximum Gasteiger partial charge on any atom is 0 e. The van der Waals surface area contributed by atoms with Gasteiger partial charge >= 0.3 is 0 Å². The van der Waals surface area contributed by atoms with Crippen LogP contribution in [0, 0.1) is 6.38 Å². The SMILES string of the molecule is [CH2-]Cl.[Zn].[Zn]. The maximum absolute atomic E-state index is 4.39. The molecule has 0 radical (unpaired) electrons. The molecule has 0 aromatic carbocycles. The first kappa shape index (κ1) is 17.7. The first-order valence-electron chi connectivity index (χ1n) is 0.267.